The van der Waals surface area contributed by atoms with Crippen molar-refractivity contribution in [2.24, 2.45) is 11.1 Å². The van der Waals surface area contributed by atoms with Crippen LogP contribution in [0, 0.1) is 11.2 Å². The molecule has 0 atom stereocenters. The van der Waals surface area contributed by atoms with E-state index in [1.807, 2.05) is 7.05 Å². The summed E-state index contributed by atoms with van der Waals surface area (Å²) in [5, 5.41) is 0. The van der Waals surface area contributed by atoms with E-state index in [0.29, 0.717) is 13.1 Å². The van der Waals surface area contributed by atoms with Gasteiger partial charge in [0.05, 0.1) is 5.41 Å². The molecule has 0 aromatic heterocycles. The fraction of sp³-hybridized carbons (Fsp3) is 0.500. The van der Waals surface area contributed by atoms with Gasteiger partial charge in [-0.15, -0.1) is 0 Å². The normalized spacial score (nSPS) is 16.4. The number of halogens is 1. The zero-order valence-corrected chi connectivity index (χ0v) is 10.7. The fourth-order valence-corrected chi connectivity index (χ4v) is 2.11. The van der Waals surface area contributed by atoms with Gasteiger partial charge in [0.1, 0.15) is 5.82 Å². The van der Waals surface area contributed by atoms with Crippen LogP contribution in [0.4, 0.5) is 4.39 Å². The lowest BCUT2D eigenvalue weighted by atomic mass is 10.1. The smallest absolute Gasteiger partial charge is 0.229 e. The van der Waals surface area contributed by atoms with Crippen molar-refractivity contribution in [3.05, 3.63) is 35.6 Å². The summed E-state index contributed by atoms with van der Waals surface area (Å²) in [4.78, 5) is 13.9. The summed E-state index contributed by atoms with van der Waals surface area (Å²) in [6, 6.07) is 6.39. The highest BCUT2D eigenvalue weighted by Gasteiger charge is 2.49. The number of nitrogens with zero attached hydrogens (tertiary/aromatic N) is 1. The highest BCUT2D eigenvalue weighted by atomic mass is 19.1. The first-order chi connectivity index (χ1) is 8.57. The molecule has 0 bridgehead atoms. The van der Waals surface area contributed by atoms with Gasteiger partial charge in [-0.2, -0.15) is 0 Å². The first kappa shape index (κ1) is 13.0. The SMILES string of the molecule is CN(CCc1ccc(F)cc1)C(=O)C1(CN)CC1. The Morgan fingerprint density at radius 2 is 2.00 bits per heavy atom. The van der Waals surface area contributed by atoms with E-state index < -0.39 is 0 Å². The molecule has 0 spiro atoms. The van der Waals surface area contributed by atoms with Gasteiger partial charge in [-0.1, -0.05) is 12.1 Å². The number of nitrogens with two attached hydrogens (primary N) is 1. The summed E-state index contributed by atoms with van der Waals surface area (Å²) in [6.45, 7) is 1.08. The number of carbonyl (C=O) groups excluding carboxylic acids is 1. The molecular formula is C14H19FN2O. The number of likely N-dealkylation sites (N-methyl/N-ethyl adjacent to an activating group) is 1. The molecule has 1 saturated carbocycles. The Labute approximate surface area is 107 Å². The minimum absolute atomic E-state index is 0.145. The maximum absolute atomic E-state index is 12.7. The lowest BCUT2D eigenvalue weighted by Gasteiger charge is -2.22. The molecule has 2 rings (SSSR count). The van der Waals surface area contributed by atoms with E-state index in [1.165, 1.54) is 12.1 Å². The van der Waals surface area contributed by atoms with E-state index in [-0.39, 0.29) is 17.1 Å². The Kier molecular flexibility index (Phi) is 3.66. The van der Waals surface area contributed by atoms with Gasteiger partial charge in [0, 0.05) is 20.1 Å². The van der Waals surface area contributed by atoms with Gasteiger partial charge in [-0.3, -0.25) is 4.79 Å². The van der Waals surface area contributed by atoms with Crippen molar-refractivity contribution >= 4 is 5.91 Å². The molecule has 1 fully saturated rings. The predicted molar refractivity (Wildman–Crippen MR) is 68.5 cm³/mol. The Balaban J connectivity index is 1.86. The van der Waals surface area contributed by atoms with Gasteiger partial charge < -0.3 is 10.6 Å². The third-order valence-corrected chi connectivity index (χ3v) is 3.69. The molecule has 98 valence electrons. The van der Waals surface area contributed by atoms with Crippen LogP contribution in [0.1, 0.15) is 18.4 Å². The summed E-state index contributed by atoms with van der Waals surface area (Å²) in [5.41, 5.74) is 6.40. The van der Waals surface area contributed by atoms with Gasteiger partial charge in [-0.05, 0) is 37.0 Å². The van der Waals surface area contributed by atoms with Crippen molar-refractivity contribution in [3.63, 3.8) is 0 Å². The molecule has 18 heavy (non-hydrogen) atoms. The third kappa shape index (κ3) is 2.70. The minimum Gasteiger partial charge on any atom is -0.345 e. The van der Waals surface area contributed by atoms with Gasteiger partial charge in [-0.25, -0.2) is 4.39 Å². The minimum atomic E-state index is -0.280. The van der Waals surface area contributed by atoms with Crippen molar-refractivity contribution < 1.29 is 9.18 Å². The molecule has 2 N–H and O–H groups in total. The molecule has 4 heteroatoms. The van der Waals surface area contributed by atoms with E-state index in [0.717, 1.165) is 24.8 Å². The number of hydrogen-bond donors (Lipinski definition) is 1. The van der Waals surface area contributed by atoms with Crippen LogP contribution < -0.4 is 5.73 Å². The second-order valence-electron chi connectivity index (χ2n) is 5.09. The molecule has 0 heterocycles. The van der Waals surface area contributed by atoms with Gasteiger partial charge in [0.2, 0.25) is 5.91 Å². The molecule has 1 aromatic rings. The van der Waals surface area contributed by atoms with Crippen molar-refractivity contribution in [1.29, 1.82) is 0 Å². The van der Waals surface area contributed by atoms with Crippen LogP contribution in [0.25, 0.3) is 0 Å². The maximum atomic E-state index is 12.7. The van der Waals surface area contributed by atoms with Crippen LogP contribution in [0.5, 0.6) is 0 Å². The number of rotatable bonds is 5. The maximum Gasteiger partial charge on any atom is 0.229 e. The van der Waals surface area contributed by atoms with Gasteiger partial charge >= 0.3 is 0 Å². The quantitative estimate of drug-likeness (QED) is 0.862. The third-order valence-electron chi connectivity index (χ3n) is 3.69. The number of benzene rings is 1. The largest absolute Gasteiger partial charge is 0.345 e. The summed E-state index contributed by atoms with van der Waals surface area (Å²) < 4.78 is 12.7. The predicted octanol–water partition coefficient (Wildman–Crippen LogP) is 1.57. The molecule has 0 unspecified atom stereocenters. The lowest BCUT2D eigenvalue weighted by molar-refractivity contribution is -0.135. The van der Waals surface area contributed by atoms with Crippen LogP contribution in [0.2, 0.25) is 0 Å². The van der Waals surface area contributed by atoms with Crippen LogP contribution in [-0.4, -0.2) is 30.9 Å². The van der Waals surface area contributed by atoms with E-state index in [1.54, 1.807) is 17.0 Å². The van der Waals surface area contributed by atoms with Gasteiger partial charge in [0.25, 0.3) is 0 Å². The van der Waals surface area contributed by atoms with Crippen LogP contribution in [-0.2, 0) is 11.2 Å². The lowest BCUT2D eigenvalue weighted by Crippen LogP contribution is -2.39. The van der Waals surface area contributed by atoms with E-state index >= 15 is 0 Å². The first-order valence-electron chi connectivity index (χ1n) is 6.27. The number of carbonyl (C=O) groups is 1. The average Bonchev–Trinajstić information content (AvgIpc) is 3.18. The standard InChI is InChI=1S/C14H19FN2O/c1-17(13(18)14(10-16)7-8-14)9-6-11-2-4-12(15)5-3-11/h2-5H,6-10,16H2,1H3. The highest BCUT2D eigenvalue weighted by molar-refractivity contribution is 5.85. The van der Waals surface area contributed by atoms with E-state index in [2.05, 4.69) is 0 Å². The summed E-state index contributed by atoms with van der Waals surface area (Å²) in [7, 11) is 1.81. The van der Waals surface area contributed by atoms with Crippen molar-refractivity contribution in [2.45, 2.75) is 19.3 Å². The summed E-state index contributed by atoms with van der Waals surface area (Å²) >= 11 is 0. The number of amides is 1. The second kappa shape index (κ2) is 5.06. The van der Waals surface area contributed by atoms with Crippen LogP contribution in [0.15, 0.2) is 24.3 Å². The Morgan fingerprint density at radius 1 is 1.39 bits per heavy atom. The molecule has 1 aliphatic rings. The average molecular weight is 250 g/mol. The van der Waals surface area contributed by atoms with Crippen LogP contribution in [0.3, 0.4) is 0 Å². The molecule has 1 amide bonds. The number of hydrogen-bond acceptors (Lipinski definition) is 2. The van der Waals surface area contributed by atoms with Crippen molar-refractivity contribution in [1.82, 2.24) is 4.90 Å². The monoisotopic (exact) mass is 250 g/mol. The fourth-order valence-electron chi connectivity index (χ4n) is 2.11. The Hall–Kier alpha value is -1.42. The molecule has 1 aliphatic carbocycles. The Bertz CT molecular complexity index is 426. The second-order valence-corrected chi connectivity index (χ2v) is 5.09. The van der Waals surface area contributed by atoms with Crippen molar-refractivity contribution in [2.75, 3.05) is 20.1 Å². The van der Waals surface area contributed by atoms with E-state index in [4.69, 9.17) is 5.73 Å². The first-order valence-corrected chi connectivity index (χ1v) is 6.27. The molecule has 0 aliphatic heterocycles. The van der Waals surface area contributed by atoms with Crippen molar-refractivity contribution in [3.8, 4) is 0 Å². The zero-order valence-electron chi connectivity index (χ0n) is 10.7. The zero-order chi connectivity index (χ0) is 13.2. The molecule has 0 saturated heterocycles. The van der Waals surface area contributed by atoms with Crippen LogP contribution >= 0.6 is 0 Å². The molecule has 3 nitrogen and oxygen atoms in total. The topological polar surface area (TPSA) is 46.3 Å². The highest BCUT2D eigenvalue weighted by Crippen LogP contribution is 2.45. The summed E-state index contributed by atoms with van der Waals surface area (Å²) in [5.74, 6) is -0.0876. The Morgan fingerprint density at radius 3 is 2.50 bits per heavy atom. The molecule has 0 radical (unpaired) electrons. The van der Waals surface area contributed by atoms with Gasteiger partial charge in [0.15, 0.2) is 0 Å². The molecular weight excluding hydrogens is 231 g/mol. The summed E-state index contributed by atoms with van der Waals surface area (Å²) in [6.07, 6.45) is 2.55. The molecule has 1 aromatic carbocycles. The van der Waals surface area contributed by atoms with E-state index in [9.17, 15) is 9.18 Å².